The molecule has 3 aromatic rings. The number of nitrogens with one attached hydrogen (secondary N) is 1. The van der Waals surface area contributed by atoms with E-state index in [9.17, 15) is 4.79 Å². The maximum atomic E-state index is 11.1. The monoisotopic (exact) mass is 335 g/mol. The molecule has 0 aliphatic carbocycles. The molecule has 0 spiro atoms. The van der Waals surface area contributed by atoms with E-state index < -0.39 is 5.97 Å². The number of aromatic nitrogens is 3. The van der Waals surface area contributed by atoms with Gasteiger partial charge < -0.3 is 10.1 Å². The van der Waals surface area contributed by atoms with Gasteiger partial charge in [-0.25, -0.2) is 9.78 Å². The highest BCUT2D eigenvalue weighted by molar-refractivity contribution is 9.10. The highest BCUT2D eigenvalue weighted by Crippen LogP contribution is 2.29. The highest BCUT2D eigenvalue weighted by atomic mass is 79.9. The van der Waals surface area contributed by atoms with Crippen LogP contribution < -0.4 is 0 Å². The SMILES string of the molecule is CC(C)(C)c1ccc2[nH]c3nc(C(=O)O)c(Br)n3c2c1. The number of rotatable bonds is 1. The van der Waals surface area contributed by atoms with Gasteiger partial charge in [0, 0.05) is 0 Å². The Morgan fingerprint density at radius 3 is 2.70 bits per heavy atom. The van der Waals surface area contributed by atoms with E-state index in [0.717, 1.165) is 11.0 Å². The molecular formula is C14H14BrN3O2. The van der Waals surface area contributed by atoms with Crippen molar-refractivity contribution in [1.82, 2.24) is 14.4 Å². The fourth-order valence-electron chi connectivity index (χ4n) is 2.25. The quantitative estimate of drug-likeness (QED) is 0.714. The molecule has 0 saturated heterocycles. The predicted molar refractivity (Wildman–Crippen MR) is 80.4 cm³/mol. The third kappa shape index (κ3) is 1.83. The first kappa shape index (κ1) is 13.2. The summed E-state index contributed by atoms with van der Waals surface area (Å²) in [5.41, 5.74) is 3.07. The van der Waals surface area contributed by atoms with Crippen LogP contribution in [0.4, 0.5) is 0 Å². The molecule has 0 fully saturated rings. The average Bonchev–Trinajstić information content (AvgIpc) is 2.84. The molecule has 0 aliphatic heterocycles. The minimum absolute atomic E-state index is 0.0133. The Labute approximate surface area is 123 Å². The molecule has 0 amide bonds. The van der Waals surface area contributed by atoms with E-state index in [4.69, 9.17) is 5.11 Å². The Kier molecular flexibility index (Phi) is 2.69. The van der Waals surface area contributed by atoms with Gasteiger partial charge in [-0.2, -0.15) is 0 Å². The lowest BCUT2D eigenvalue weighted by molar-refractivity contribution is 0.0690. The van der Waals surface area contributed by atoms with Crippen molar-refractivity contribution in [3.05, 3.63) is 34.1 Å². The van der Waals surface area contributed by atoms with Crippen LogP contribution >= 0.6 is 15.9 Å². The first-order valence-electron chi connectivity index (χ1n) is 6.22. The van der Waals surface area contributed by atoms with Gasteiger partial charge in [0.1, 0.15) is 4.60 Å². The zero-order chi connectivity index (χ0) is 14.7. The molecule has 1 aromatic carbocycles. The molecule has 3 rings (SSSR count). The number of hydrogen-bond acceptors (Lipinski definition) is 2. The molecule has 0 atom stereocenters. The molecule has 6 heteroatoms. The van der Waals surface area contributed by atoms with Gasteiger partial charge in [-0.3, -0.25) is 4.40 Å². The molecule has 2 aromatic heterocycles. The molecule has 0 saturated carbocycles. The third-order valence-corrected chi connectivity index (χ3v) is 4.11. The lowest BCUT2D eigenvalue weighted by Crippen LogP contribution is -2.10. The normalized spacial score (nSPS) is 12.4. The number of carboxylic acids is 1. The molecule has 5 nitrogen and oxygen atoms in total. The topological polar surface area (TPSA) is 70.4 Å². The van der Waals surface area contributed by atoms with Crippen LogP contribution in [0, 0.1) is 0 Å². The van der Waals surface area contributed by atoms with Gasteiger partial charge in [0.15, 0.2) is 5.69 Å². The van der Waals surface area contributed by atoms with Crippen LogP contribution in [-0.2, 0) is 5.41 Å². The number of aromatic carboxylic acids is 1. The molecule has 0 unspecified atom stereocenters. The predicted octanol–water partition coefficient (Wildman–Crippen LogP) is 3.57. The smallest absolute Gasteiger partial charge is 0.357 e. The third-order valence-electron chi connectivity index (χ3n) is 3.37. The number of imidazole rings is 2. The maximum Gasteiger partial charge on any atom is 0.357 e. The van der Waals surface area contributed by atoms with Crippen LogP contribution in [0.1, 0.15) is 36.8 Å². The number of fused-ring (bicyclic) bond motifs is 3. The summed E-state index contributed by atoms with van der Waals surface area (Å²) in [5, 5.41) is 9.12. The van der Waals surface area contributed by atoms with Crippen LogP contribution in [-0.4, -0.2) is 25.4 Å². The van der Waals surface area contributed by atoms with Gasteiger partial charge >= 0.3 is 5.97 Å². The first-order valence-corrected chi connectivity index (χ1v) is 7.02. The summed E-state index contributed by atoms with van der Waals surface area (Å²) in [6, 6.07) is 6.14. The van der Waals surface area contributed by atoms with Gasteiger partial charge in [-0.15, -0.1) is 0 Å². The van der Waals surface area contributed by atoms with Crippen LogP contribution in [0.25, 0.3) is 16.8 Å². The van der Waals surface area contributed by atoms with E-state index in [1.165, 1.54) is 5.56 Å². The summed E-state index contributed by atoms with van der Waals surface area (Å²) in [5.74, 6) is -0.524. The van der Waals surface area contributed by atoms with Crippen molar-refractivity contribution >= 4 is 38.7 Å². The number of hydrogen-bond donors (Lipinski definition) is 2. The molecule has 2 heterocycles. The molecule has 2 N–H and O–H groups in total. The Bertz CT molecular complexity index is 839. The van der Waals surface area contributed by atoms with Crippen LogP contribution in [0.3, 0.4) is 0 Å². The van der Waals surface area contributed by atoms with E-state index in [0.29, 0.717) is 10.4 Å². The zero-order valence-corrected chi connectivity index (χ0v) is 12.9. The Hall–Kier alpha value is -1.82. The Morgan fingerprint density at radius 1 is 1.40 bits per heavy atom. The summed E-state index contributed by atoms with van der Waals surface area (Å²) in [6.45, 7) is 6.43. The molecule has 104 valence electrons. The van der Waals surface area contributed by atoms with E-state index in [1.54, 1.807) is 4.40 Å². The second kappa shape index (κ2) is 4.09. The lowest BCUT2D eigenvalue weighted by atomic mass is 9.87. The average molecular weight is 336 g/mol. The lowest BCUT2D eigenvalue weighted by Gasteiger charge is -2.18. The van der Waals surface area contributed by atoms with E-state index in [1.807, 2.05) is 6.07 Å². The summed E-state index contributed by atoms with van der Waals surface area (Å²) in [6.07, 6.45) is 0. The number of H-pyrrole nitrogens is 1. The molecule has 20 heavy (non-hydrogen) atoms. The van der Waals surface area contributed by atoms with Gasteiger partial charge in [-0.05, 0) is 39.0 Å². The molecule has 0 radical (unpaired) electrons. The highest BCUT2D eigenvalue weighted by Gasteiger charge is 2.21. The van der Waals surface area contributed by atoms with Gasteiger partial charge in [0.2, 0.25) is 5.78 Å². The molecule has 0 aliphatic rings. The van der Waals surface area contributed by atoms with Crippen LogP contribution in [0.5, 0.6) is 0 Å². The van der Waals surface area contributed by atoms with Crippen molar-refractivity contribution in [2.45, 2.75) is 26.2 Å². The van der Waals surface area contributed by atoms with E-state index in [-0.39, 0.29) is 11.1 Å². The fraction of sp³-hybridized carbons (Fsp3) is 0.286. The zero-order valence-electron chi connectivity index (χ0n) is 11.4. The van der Waals surface area contributed by atoms with Crippen molar-refractivity contribution < 1.29 is 9.90 Å². The molecule has 0 bridgehead atoms. The number of benzene rings is 1. The summed E-state index contributed by atoms with van der Waals surface area (Å²) in [7, 11) is 0. The fourth-order valence-corrected chi connectivity index (χ4v) is 2.87. The summed E-state index contributed by atoms with van der Waals surface area (Å²) >= 11 is 3.33. The van der Waals surface area contributed by atoms with E-state index >= 15 is 0 Å². The van der Waals surface area contributed by atoms with Crippen molar-refractivity contribution in [1.29, 1.82) is 0 Å². The number of aromatic amines is 1. The van der Waals surface area contributed by atoms with Gasteiger partial charge in [0.05, 0.1) is 11.0 Å². The second-order valence-corrected chi connectivity index (χ2v) is 6.57. The van der Waals surface area contributed by atoms with Gasteiger partial charge in [0.25, 0.3) is 0 Å². The number of nitrogens with zero attached hydrogens (tertiary/aromatic N) is 2. The number of halogens is 1. The molecular weight excluding hydrogens is 322 g/mol. The summed E-state index contributed by atoms with van der Waals surface area (Å²) < 4.78 is 2.24. The van der Waals surface area contributed by atoms with Crippen molar-refractivity contribution in [3.63, 3.8) is 0 Å². The minimum atomic E-state index is -1.05. The second-order valence-electron chi connectivity index (χ2n) is 5.82. The largest absolute Gasteiger partial charge is 0.476 e. The van der Waals surface area contributed by atoms with Crippen molar-refractivity contribution in [3.8, 4) is 0 Å². The summed E-state index contributed by atoms with van der Waals surface area (Å²) in [4.78, 5) is 18.4. The number of carboxylic acid groups (broad SMARTS) is 1. The van der Waals surface area contributed by atoms with Crippen LogP contribution in [0.15, 0.2) is 22.8 Å². The standard InChI is InChI=1S/C14H14BrN3O2/c1-14(2,3)7-4-5-8-9(6-7)18-11(15)10(12(19)20)17-13(18)16-8/h4-6H,1-3H3,(H,16,17)(H,19,20). The Balaban J connectivity index is 2.37. The Morgan fingerprint density at radius 2 is 2.10 bits per heavy atom. The van der Waals surface area contributed by atoms with Crippen molar-refractivity contribution in [2.24, 2.45) is 0 Å². The van der Waals surface area contributed by atoms with Gasteiger partial charge in [-0.1, -0.05) is 26.8 Å². The van der Waals surface area contributed by atoms with Crippen molar-refractivity contribution in [2.75, 3.05) is 0 Å². The van der Waals surface area contributed by atoms with E-state index in [2.05, 4.69) is 58.8 Å². The minimum Gasteiger partial charge on any atom is -0.476 e. The number of carbonyl (C=O) groups is 1. The van der Waals surface area contributed by atoms with Crippen LogP contribution in [0.2, 0.25) is 0 Å². The first-order chi connectivity index (χ1) is 9.29. The maximum absolute atomic E-state index is 11.1.